The number of Topliss-reactive ketones (excluding diaryl/α,β-unsaturated/α-hetero) is 1. The van der Waals surface area contributed by atoms with Crippen LogP contribution >= 0.6 is 0 Å². The number of ketones is 1. The highest BCUT2D eigenvalue weighted by atomic mass is 16.1. The van der Waals surface area contributed by atoms with Crippen molar-refractivity contribution in [2.45, 2.75) is 24.7 Å². The van der Waals surface area contributed by atoms with Gasteiger partial charge in [0.1, 0.15) is 5.78 Å². The van der Waals surface area contributed by atoms with E-state index in [2.05, 4.69) is 18.2 Å². The molecule has 0 heterocycles. The lowest BCUT2D eigenvalue weighted by molar-refractivity contribution is -0.118. The second kappa shape index (κ2) is 1.98. The molecule has 0 aliphatic heterocycles. The molecular weight excluding hydrogens is 148 g/mol. The van der Waals surface area contributed by atoms with E-state index in [0.29, 0.717) is 11.7 Å². The van der Waals surface area contributed by atoms with Crippen molar-refractivity contribution in [3.8, 4) is 0 Å². The summed E-state index contributed by atoms with van der Waals surface area (Å²) in [5.41, 5.74) is 2.74. The van der Waals surface area contributed by atoms with Crippen LogP contribution in [-0.2, 0) is 4.79 Å². The fraction of sp³-hybridized carbons (Fsp3) is 0.364. The number of benzene rings is 1. The number of carbonyl (C=O) groups is 1. The molecule has 1 heteroatoms. The van der Waals surface area contributed by atoms with Crippen molar-refractivity contribution in [2.75, 3.05) is 0 Å². The van der Waals surface area contributed by atoms with E-state index < -0.39 is 0 Å². The Bertz CT molecular complexity index is 354. The monoisotopic (exact) mass is 158 g/mol. The Morgan fingerprint density at radius 3 is 2.75 bits per heavy atom. The van der Waals surface area contributed by atoms with Crippen LogP contribution < -0.4 is 0 Å². The largest absolute Gasteiger partial charge is 0.299 e. The molecular formula is C11H10O. The predicted octanol–water partition coefficient (Wildman–Crippen LogP) is 2.23. The molecule has 2 aliphatic rings. The second-order valence-electron chi connectivity index (χ2n) is 3.78. The second-order valence-corrected chi connectivity index (χ2v) is 3.78. The van der Waals surface area contributed by atoms with Crippen LogP contribution in [0.25, 0.3) is 0 Å². The number of carbonyl (C=O) groups excluding carboxylic acids is 1. The van der Waals surface area contributed by atoms with Gasteiger partial charge in [0.15, 0.2) is 0 Å². The van der Waals surface area contributed by atoms with E-state index >= 15 is 0 Å². The Morgan fingerprint density at radius 2 is 1.92 bits per heavy atom. The molecule has 60 valence electrons. The highest BCUT2D eigenvalue weighted by Crippen LogP contribution is 2.50. The molecule has 1 nitrogen and oxygen atoms in total. The predicted molar refractivity (Wildman–Crippen MR) is 46.2 cm³/mol. The van der Waals surface area contributed by atoms with Crippen LogP contribution in [-0.4, -0.2) is 5.78 Å². The highest BCUT2D eigenvalue weighted by Gasteiger charge is 2.42. The highest BCUT2D eigenvalue weighted by molar-refractivity contribution is 5.91. The van der Waals surface area contributed by atoms with Gasteiger partial charge in [-0.25, -0.2) is 0 Å². The van der Waals surface area contributed by atoms with Crippen molar-refractivity contribution < 1.29 is 4.79 Å². The first-order valence-electron chi connectivity index (χ1n) is 4.48. The maximum Gasteiger partial charge on any atom is 0.140 e. The summed E-state index contributed by atoms with van der Waals surface area (Å²) in [6.45, 7) is 0. The molecule has 12 heavy (non-hydrogen) atoms. The van der Waals surface area contributed by atoms with E-state index in [1.165, 1.54) is 11.1 Å². The molecule has 1 aromatic rings. The molecule has 2 bridgehead atoms. The number of fused-ring (bicyclic) bond motifs is 5. The molecule has 0 radical (unpaired) electrons. The smallest absolute Gasteiger partial charge is 0.140 e. The van der Waals surface area contributed by atoms with E-state index in [1.807, 2.05) is 6.07 Å². The SMILES string of the molecule is O=C1CC2CC1c1ccccc12. The molecule has 0 saturated heterocycles. The molecule has 2 atom stereocenters. The average Bonchev–Trinajstić information content (AvgIpc) is 2.62. The zero-order chi connectivity index (χ0) is 8.13. The first-order valence-corrected chi connectivity index (χ1v) is 4.48. The van der Waals surface area contributed by atoms with Gasteiger partial charge in [0, 0.05) is 12.3 Å². The van der Waals surface area contributed by atoms with Crippen LogP contribution in [0.4, 0.5) is 0 Å². The Hall–Kier alpha value is -1.11. The zero-order valence-corrected chi connectivity index (χ0v) is 6.79. The van der Waals surface area contributed by atoms with Gasteiger partial charge in [0.2, 0.25) is 0 Å². The molecule has 1 saturated carbocycles. The molecule has 2 unspecified atom stereocenters. The molecule has 1 fully saturated rings. The lowest BCUT2D eigenvalue weighted by atomic mass is 9.91. The Labute approximate surface area is 71.4 Å². The van der Waals surface area contributed by atoms with Crippen LogP contribution in [0.5, 0.6) is 0 Å². The molecule has 0 N–H and O–H groups in total. The Balaban J connectivity index is 2.23. The van der Waals surface area contributed by atoms with Gasteiger partial charge < -0.3 is 0 Å². The van der Waals surface area contributed by atoms with Crippen LogP contribution in [0.15, 0.2) is 24.3 Å². The van der Waals surface area contributed by atoms with Crippen LogP contribution in [0.2, 0.25) is 0 Å². The van der Waals surface area contributed by atoms with E-state index in [9.17, 15) is 4.79 Å². The first-order chi connectivity index (χ1) is 5.86. The number of hydrogen-bond donors (Lipinski definition) is 0. The van der Waals surface area contributed by atoms with Gasteiger partial charge in [-0.05, 0) is 23.5 Å². The van der Waals surface area contributed by atoms with Gasteiger partial charge in [-0.15, -0.1) is 0 Å². The van der Waals surface area contributed by atoms with E-state index in [4.69, 9.17) is 0 Å². The molecule has 0 aromatic heterocycles. The number of hydrogen-bond acceptors (Lipinski definition) is 1. The topological polar surface area (TPSA) is 17.1 Å². The van der Waals surface area contributed by atoms with Crippen LogP contribution in [0, 0.1) is 0 Å². The molecule has 1 aromatic carbocycles. The van der Waals surface area contributed by atoms with Gasteiger partial charge in [0.05, 0.1) is 0 Å². The summed E-state index contributed by atoms with van der Waals surface area (Å²) in [6, 6.07) is 8.39. The summed E-state index contributed by atoms with van der Waals surface area (Å²) in [7, 11) is 0. The quantitative estimate of drug-likeness (QED) is 0.566. The van der Waals surface area contributed by atoms with Crippen LogP contribution in [0.1, 0.15) is 35.8 Å². The Kier molecular flexibility index (Phi) is 1.06. The summed E-state index contributed by atoms with van der Waals surface area (Å²) in [4.78, 5) is 11.4. The third kappa shape index (κ3) is 0.619. The minimum atomic E-state index is 0.256. The molecule has 0 amide bonds. The number of rotatable bonds is 0. The minimum Gasteiger partial charge on any atom is -0.299 e. The van der Waals surface area contributed by atoms with Crippen molar-refractivity contribution >= 4 is 5.78 Å². The lowest BCUT2D eigenvalue weighted by Crippen LogP contribution is -2.08. The Morgan fingerprint density at radius 1 is 1.17 bits per heavy atom. The summed E-state index contributed by atoms with van der Waals surface area (Å²) < 4.78 is 0. The summed E-state index contributed by atoms with van der Waals surface area (Å²) in [6.07, 6.45) is 1.87. The fourth-order valence-corrected chi connectivity index (χ4v) is 2.62. The average molecular weight is 158 g/mol. The summed E-state index contributed by atoms with van der Waals surface area (Å²) in [5, 5.41) is 0. The van der Waals surface area contributed by atoms with Gasteiger partial charge in [-0.3, -0.25) is 4.79 Å². The lowest BCUT2D eigenvalue weighted by Gasteiger charge is -2.12. The van der Waals surface area contributed by atoms with E-state index in [1.54, 1.807) is 0 Å². The van der Waals surface area contributed by atoms with Crippen molar-refractivity contribution in [2.24, 2.45) is 0 Å². The van der Waals surface area contributed by atoms with Gasteiger partial charge in [-0.2, -0.15) is 0 Å². The van der Waals surface area contributed by atoms with Crippen molar-refractivity contribution in [3.63, 3.8) is 0 Å². The summed E-state index contributed by atoms with van der Waals surface area (Å²) in [5.74, 6) is 1.27. The third-order valence-electron chi connectivity index (χ3n) is 3.17. The fourth-order valence-electron chi connectivity index (χ4n) is 2.62. The molecule has 0 spiro atoms. The van der Waals surface area contributed by atoms with Crippen molar-refractivity contribution in [1.29, 1.82) is 0 Å². The summed E-state index contributed by atoms with van der Waals surface area (Å²) >= 11 is 0. The van der Waals surface area contributed by atoms with Crippen LogP contribution in [0.3, 0.4) is 0 Å². The third-order valence-corrected chi connectivity index (χ3v) is 3.17. The van der Waals surface area contributed by atoms with E-state index in [-0.39, 0.29) is 5.92 Å². The van der Waals surface area contributed by atoms with Gasteiger partial charge in [-0.1, -0.05) is 24.3 Å². The normalized spacial score (nSPS) is 30.8. The maximum absolute atomic E-state index is 11.4. The van der Waals surface area contributed by atoms with E-state index in [0.717, 1.165) is 12.8 Å². The van der Waals surface area contributed by atoms with Crippen molar-refractivity contribution in [3.05, 3.63) is 35.4 Å². The van der Waals surface area contributed by atoms with Gasteiger partial charge in [0.25, 0.3) is 0 Å². The minimum absolute atomic E-state index is 0.256. The molecule has 2 aliphatic carbocycles. The van der Waals surface area contributed by atoms with Gasteiger partial charge >= 0.3 is 0 Å². The zero-order valence-electron chi connectivity index (χ0n) is 6.79. The standard InChI is InChI=1S/C11H10O/c12-11-6-7-5-10(11)9-4-2-1-3-8(7)9/h1-4,7,10H,5-6H2. The first kappa shape index (κ1) is 6.41. The van der Waals surface area contributed by atoms with Crippen molar-refractivity contribution in [1.82, 2.24) is 0 Å². The maximum atomic E-state index is 11.4. The molecule has 3 rings (SSSR count).